The van der Waals surface area contributed by atoms with E-state index >= 15 is 0 Å². The van der Waals surface area contributed by atoms with E-state index in [4.69, 9.17) is 9.57 Å². The van der Waals surface area contributed by atoms with Gasteiger partial charge in [0.15, 0.2) is 6.29 Å². The van der Waals surface area contributed by atoms with Gasteiger partial charge in [0.25, 0.3) is 5.91 Å². The number of carbonyl (C=O) groups excluding carboxylic acids is 1. The summed E-state index contributed by atoms with van der Waals surface area (Å²) in [6.45, 7) is 1.52. The predicted molar refractivity (Wildman–Crippen MR) is 122 cm³/mol. The number of hydrogen-bond acceptors (Lipinski definition) is 7. The Hall–Kier alpha value is -2.72. The predicted octanol–water partition coefficient (Wildman–Crippen LogP) is 3.47. The first-order chi connectivity index (χ1) is 15.7. The van der Waals surface area contributed by atoms with Crippen molar-refractivity contribution in [2.45, 2.75) is 42.7 Å². The molecule has 1 atom stereocenters. The number of rotatable bonds is 9. The third-order valence-corrected chi connectivity index (χ3v) is 6.07. The topological polar surface area (TPSA) is 90.3 Å². The number of benzene rings is 2. The van der Waals surface area contributed by atoms with Gasteiger partial charge in [0, 0.05) is 35.8 Å². The third-order valence-electron chi connectivity index (χ3n) is 5.03. The van der Waals surface area contributed by atoms with Gasteiger partial charge in [0.05, 0.1) is 17.6 Å². The average molecular weight is 454 g/mol. The second-order valence-corrected chi connectivity index (χ2v) is 8.56. The molecule has 1 aromatic heterocycles. The first-order valence-corrected chi connectivity index (χ1v) is 11.7. The molecular weight excluding hydrogens is 426 g/mol. The maximum absolute atomic E-state index is 12.5. The summed E-state index contributed by atoms with van der Waals surface area (Å²) in [5.74, 6) is 0.388. The van der Waals surface area contributed by atoms with E-state index in [1.54, 1.807) is 28.6 Å². The highest BCUT2D eigenvalue weighted by Crippen LogP contribution is 2.22. The summed E-state index contributed by atoms with van der Waals surface area (Å²) in [6.07, 6.45) is 4.33. The molecule has 1 saturated heterocycles. The molecule has 1 unspecified atom stereocenters. The maximum atomic E-state index is 12.5. The van der Waals surface area contributed by atoms with Crippen molar-refractivity contribution in [1.82, 2.24) is 25.8 Å². The van der Waals surface area contributed by atoms with Crippen LogP contribution in [0, 0.1) is 0 Å². The maximum Gasteiger partial charge on any atom is 0.275 e. The molecule has 168 valence electrons. The van der Waals surface area contributed by atoms with E-state index in [2.05, 4.69) is 45.4 Å². The molecule has 9 heteroatoms. The molecule has 1 amide bonds. The van der Waals surface area contributed by atoms with Crippen molar-refractivity contribution < 1.29 is 14.4 Å². The van der Waals surface area contributed by atoms with Crippen molar-refractivity contribution in [3.05, 3.63) is 71.5 Å². The zero-order chi connectivity index (χ0) is 22.2. The highest BCUT2D eigenvalue weighted by Gasteiger charge is 2.16. The molecule has 0 spiro atoms. The third kappa shape index (κ3) is 6.17. The number of amides is 1. The van der Waals surface area contributed by atoms with Crippen LogP contribution in [-0.2, 0) is 21.9 Å². The normalized spacial score (nSPS) is 16.1. The summed E-state index contributed by atoms with van der Waals surface area (Å²) in [4.78, 5) is 19.0. The van der Waals surface area contributed by atoms with Gasteiger partial charge in [-0.1, -0.05) is 23.4 Å². The minimum Gasteiger partial charge on any atom is -0.350 e. The van der Waals surface area contributed by atoms with Crippen LogP contribution >= 0.6 is 11.8 Å². The molecule has 8 nitrogen and oxygen atoms in total. The fourth-order valence-electron chi connectivity index (χ4n) is 3.33. The molecule has 2 N–H and O–H groups in total. The number of hydrogen-bond donors (Lipinski definition) is 2. The van der Waals surface area contributed by atoms with E-state index in [0.29, 0.717) is 17.9 Å². The molecule has 2 aromatic carbocycles. The van der Waals surface area contributed by atoms with E-state index in [0.717, 1.165) is 37.2 Å². The van der Waals surface area contributed by atoms with E-state index in [1.165, 1.54) is 10.5 Å². The number of nitrogens with zero attached hydrogens (tertiary/aromatic N) is 3. The highest BCUT2D eigenvalue weighted by molar-refractivity contribution is 7.98. The van der Waals surface area contributed by atoms with E-state index in [9.17, 15) is 4.79 Å². The second kappa shape index (κ2) is 11.2. The van der Waals surface area contributed by atoms with Gasteiger partial charge in [-0.2, -0.15) is 0 Å². The van der Waals surface area contributed by atoms with Crippen LogP contribution in [0.1, 0.15) is 40.9 Å². The van der Waals surface area contributed by atoms with Gasteiger partial charge in [0.2, 0.25) is 0 Å². The zero-order valence-electron chi connectivity index (χ0n) is 18.0. The fourth-order valence-corrected chi connectivity index (χ4v) is 4.10. The Bertz CT molecular complexity index is 1020. The van der Waals surface area contributed by atoms with E-state index < -0.39 is 0 Å². The number of hydroxylamine groups is 1. The second-order valence-electron chi connectivity index (χ2n) is 7.51. The zero-order valence-corrected chi connectivity index (χ0v) is 18.8. The fraction of sp³-hybridized carbons (Fsp3) is 0.348. The van der Waals surface area contributed by atoms with Crippen LogP contribution in [-0.4, -0.2) is 40.8 Å². The van der Waals surface area contributed by atoms with Crippen LogP contribution in [0.2, 0.25) is 0 Å². The van der Waals surface area contributed by atoms with Crippen LogP contribution < -0.4 is 10.8 Å². The lowest BCUT2D eigenvalue weighted by Crippen LogP contribution is -2.33. The minimum absolute atomic E-state index is 0.321. The Morgan fingerprint density at radius 3 is 2.91 bits per heavy atom. The Kier molecular flexibility index (Phi) is 7.89. The molecule has 0 aliphatic carbocycles. The van der Waals surface area contributed by atoms with Crippen molar-refractivity contribution >= 4 is 17.7 Å². The number of aromatic nitrogens is 3. The van der Waals surface area contributed by atoms with Crippen LogP contribution in [0.5, 0.6) is 0 Å². The van der Waals surface area contributed by atoms with Crippen molar-refractivity contribution in [2.24, 2.45) is 0 Å². The Balaban J connectivity index is 1.33. The van der Waals surface area contributed by atoms with E-state index in [-0.39, 0.29) is 12.2 Å². The standard InChI is InChI=1S/C23H27N5O3S/c1-24-14-17-8-10-21(11-9-17)32-16-19-15-28(27-25-19)20-6-4-5-18(13-20)23(29)26-31-22-7-2-3-12-30-22/h4-6,8-11,13,15,22,24H,2-3,7,12,14,16H2,1H3,(H,26,29). The SMILES string of the molecule is CNCc1ccc(SCc2cn(-c3cccc(C(=O)NOC4CCCCO4)c3)nn2)cc1. The summed E-state index contributed by atoms with van der Waals surface area (Å²) in [7, 11) is 1.94. The van der Waals surface area contributed by atoms with Crippen LogP contribution in [0.3, 0.4) is 0 Å². The van der Waals surface area contributed by atoms with Crippen molar-refractivity contribution in [2.75, 3.05) is 13.7 Å². The Morgan fingerprint density at radius 2 is 2.12 bits per heavy atom. The van der Waals surface area contributed by atoms with Gasteiger partial charge >= 0.3 is 0 Å². The number of nitrogens with one attached hydrogen (secondary N) is 2. The molecule has 0 saturated carbocycles. The molecule has 2 heterocycles. The highest BCUT2D eigenvalue weighted by atomic mass is 32.2. The number of carbonyl (C=O) groups is 1. The van der Waals surface area contributed by atoms with Crippen LogP contribution in [0.4, 0.5) is 0 Å². The van der Waals surface area contributed by atoms with Crippen molar-refractivity contribution in [1.29, 1.82) is 0 Å². The molecule has 1 aliphatic rings. The molecule has 32 heavy (non-hydrogen) atoms. The molecule has 1 fully saturated rings. The summed E-state index contributed by atoms with van der Waals surface area (Å²) in [5, 5.41) is 11.6. The largest absolute Gasteiger partial charge is 0.350 e. The summed E-state index contributed by atoms with van der Waals surface area (Å²) in [6, 6.07) is 15.7. The van der Waals surface area contributed by atoms with Crippen LogP contribution in [0.25, 0.3) is 5.69 Å². The molecule has 0 bridgehead atoms. The minimum atomic E-state index is -0.384. The number of ether oxygens (including phenoxy) is 1. The Morgan fingerprint density at radius 1 is 1.25 bits per heavy atom. The summed E-state index contributed by atoms with van der Waals surface area (Å²) in [5.41, 5.74) is 5.84. The lowest BCUT2D eigenvalue weighted by atomic mass is 10.2. The molecular formula is C23H27N5O3S. The number of thioether (sulfide) groups is 1. The Labute approximate surface area is 191 Å². The van der Waals surface area contributed by atoms with E-state index in [1.807, 2.05) is 25.4 Å². The molecule has 4 rings (SSSR count). The van der Waals surface area contributed by atoms with Gasteiger partial charge < -0.3 is 10.1 Å². The average Bonchev–Trinajstić information content (AvgIpc) is 3.32. The first kappa shape index (κ1) is 22.5. The van der Waals surface area contributed by atoms with Gasteiger partial charge in [0.1, 0.15) is 0 Å². The molecule has 3 aromatic rings. The molecule has 1 aliphatic heterocycles. The van der Waals surface area contributed by atoms with Gasteiger partial charge in [-0.3, -0.25) is 4.79 Å². The van der Waals surface area contributed by atoms with Gasteiger partial charge in [-0.15, -0.1) is 16.9 Å². The summed E-state index contributed by atoms with van der Waals surface area (Å²) >= 11 is 1.71. The smallest absolute Gasteiger partial charge is 0.275 e. The lowest BCUT2D eigenvalue weighted by Gasteiger charge is -2.22. The first-order valence-electron chi connectivity index (χ1n) is 10.7. The van der Waals surface area contributed by atoms with Gasteiger partial charge in [-0.25, -0.2) is 15.0 Å². The van der Waals surface area contributed by atoms with Gasteiger partial charge in [-0.05, 0) is 55.8 Å². The summed E-state index contributed by atoms with van der Waals surface area (Å²) < 4.78 is 7.14. The lowest BCUT2D eigenvalue weighted by molar-refractivity contribution is -0.186. The quantitative estimate of drug-likeness (QED) is 0.379. The molecule has 0 radical (unpaired) electrons. The van der Waals surface area contributed by atoms with Crippen molar-refractivity contribution in [3.8, 4) is 5.69 Å². The van der Waals surface area contributed by atoms with Crippen LogP contribution in [0.15, 0.2) is 59.6 Å². The monoisotopic (exact) mass is 453 g/mol. The van der Waals surface area contributed by atoms with Crippen molar-refractivity contribution in [3.63, 3.8) is 0 Å².